The molecule has 0 saturated heterocycles. The third-order valence-corrected chi connectivity index (χ3v) is 7.20. The minimum atomic E-state index is -3.38. The molecular formula is C15H23N3O2S. The van der Waals surface area contributed by atoms with Crippen LogP contribution in [-0.2, 0) is 23.6 Å². The standard InChI is InChI=1S/C15H23N3O2S/c1-16-7-11-6-12(8-18(11)2)21(19,20)17-15-13-9-3-4-10(5-9)14(13)15/h6,8-10,13-17H,3-5,7H2,1-2H3. The molecule has 3 fully saturated rings. The molecule has 116 valence electrons. The molecule has 21 heavy (non-hydrogen) atoms. The lowest BCUT2D eigenvalue weighted by Crippen LogP contribution is -2.29. The van der Waals surface area contributed by atoms with Gasteiger partial charge in [0.15, 0.2) is 0 Å². The van der Waals surface area contributed by atoms with Crippen molar-refractivity contribution in [2.75, 3.05) is 7.05 Å². The Morgan fingerprint density at radius 3 is 2.57 bits per heavy atom. The molecule has 4 atom stereocenters. The summed E-state index contributed by atoms with van der Waals surface area (Å²) >= 11 is 0. The van der Waals surface area contributed by atoms with Crippen LogP contribution in [0.5, 0.6) is 0 Å². The van der Waals surface area contributed by atoms with Crippen LogP contribution in [0.15, 0.2) is 17.2 Å². The van der Waals surface area contributed by atoms with E-state index in [-0.39, 0.29) is 6.04 Å². The molecule has 1 aromatic rings. The van der Waals surface area contributed by atoms with Crippen LogP contribution < -0.4 is 10.0 Å². The fourth-order valence-corrected chi connectivity index (χ4v) is 6.21. The molecule has 0 spiro atoms. The number of hydrogen-bond acceptors (Lipinski definition) is 3. The van der Waals surface area contributed by atoms with Gasteiger partial charge in [0.1, 0.15) is 0 Å². The molecule has 1 heterocycles. The van der Waals surface area contributed by atoms with Crippen molar-refractivity contribution in [2.45, 2.75) is 36.7 Å². The van der Waals surface area contributed by atoms with Crippen LogP contribution in [0.2, 0.25) is 0 Å². The summed E-state index contributed by atoms with van der Waals surface area (Å²) in [7, 11) is 0.372. The maximum atomic E-state index is 12.6. The van der Waals surface area contributed by atoms with Crippen molar-refractivity contribution in [3.63, 3.8) is 0 Å². The van der Waals surface area contributed by atoms with Crippen molar-refractivity contribution < 1.29 is 8.42 Å². The van der Waals surface area contributed by atoms with Gasteiger partial charge in [0.05, 0.1) is 4.90 Å². The predicted molar refractivity (Wildman–Crippen MR) is 80.1 cm³/mol. The predicted octanol–water partition coefficient (Wildman–Crippen LogP) is 1.07. The van der Waals surface area contributed by atoms with Gasteiger partial charge < -0.3 is 9.88 Å². The Kier molecular flexibility index (Phi) is 3.00. The van der Waals surface area contributed by atoms with Crippen molar-refractivity contribution in [1.29, 1.82) is 0 Å². The molecule has 5 nitrogen and oxygen atoms in total. The molecule has 6 heteroatoms. The van der Waals surface area contributed by atoms with E-state index in [2.05, 4.69) is 10.0 Å². The maximum absolute atomic E-state index is 12.6. The molecule has 0 aliphatic heterocycles. The average molecular weight is 309 g/mol. The summed E-state index contributed by atoms with van der Waals surface area (Å²) in [5.74, 6) is 2.81. The van der Waals surface area contributed by atoms with E-state index in [1.165, 1.54) is 19.3 Å². The molecule has 1 aromatic heterocycles. The van der Waals surface area contributed by atoms with Crippen molar-refractivity contribution in [3.8, 4) is 0 Å². The number of sulfonamides is 1. The molecule has 3 aliphatic rings. The highest BCUT2D eigenvalue weighted by Crippen LogP contribution is 2.65. The van der Waals surface area contributed by atoms with E-state index < -0.39 is 10.0 Å². The van der Waals surface area contributed by atoms with Crippen LogP contribution in [0.25, 0.3) is 0 Å². The normalized spacial score (nSPS) is 37.0. The van der Waals surface area contributed by atoms with Gasteiger partial charge in [-0.25, -0.2) is 13.1 Å². The first kappa shape index (κ1) is 13.8. The van der Waals surface area contributed by atoms with E-state index in [9.17, 15) is 8.42 Å². The Balaban J connectivity index is 1.51. The third-order valence-electron chi connectivity index (χ3n) is 5.78. The van der Waals surface area contributed by atoms with Crippen LogP contribution in [0.1, 0.15) is 25.0 Å². The van der Waals surface area contributed by atoms with Crippen LogP contribution in [0, 0.1) is 23.7 Å². The first-order valence-electron chi connectivity index (χ1n) is 7.83. The number of nitrogens with one attached hydrogen (secondary N) is 2. The van der Waals surface area contributed by atoms with Gasteiger partial charge in [-0.2, -0.15) is 0 Å². The molecule has 0 amide bonds. The second-order valence-corrected chi connectivity index (χ2v) is 8.66. The van der Waals surface area contributed by atoms with E-state index in [0.717, 1.165) is 17.5 Å². The summed E-state index contributed by atoms with van der Waals surface area (Å²) in [6.45, 7) is 0.671. The summed E-state index contributed by atoms with van der Waals surface area (Å²) in [4.78, 5) is 0.396. The van der Waals surface area contributed by atoms with Crippen molar-refractivity contribution in [3.05, 3.63) is 18.0 Å². The second-order valence-electron chi connectivity index (χ2n) is 6.94. The van der Waals surface area contributed by atoms with Crippen LogP contribution >= 0.6 is 0 Å². The average Bonchev–Trinajstić information content (AvgIpc) is 2.83. The zero-order valence-corrected chi connectivity index (χ0v) is 13.4. The SMILES string of the molecule is CNCc1cc(S(=O)(=O)NC2C3C4CCC(C4)C23)cn1C. The van der Waals surface area contributed by atoms with Gasteiger partial charge in [0, 0.05) is 31.5 Å². The van der Waals surface area contributed by atoms with Gasteiger partial charge in [-0.3, -0.25) is 0 Å². The Bertz CT molecular complexity index is 650. The molecule has 4 unspecified atom stereocenters. The Hall–Kier alpha value is -0.850. The van der Waals surface area contributed by atoms with Crippen LogP contribution in [-0.4, -0.2) is 26.1 Å². The fourth-order valence-electron chi connectivity index (χ4n) is 4.81. The fraction of sp³-hybridized carbons (Fsp3) is 0.733. The summed E-state index contributed by atoms with van der Waals surface area (Å²) in [5, 5.41) is 3.06. The number of aryl methyl sites for hydroxylation is 1. The number of nitrogens with zero attached hydrogens (tertiary/aromatic N) is 1. The molecule has 3 aliphatic carbocycles. The summed E-state index contributed by atoms with van der Waals surface area (Å²) in [6.07, 6.45) is 5.66. The minimum absolute atomic E-state index is 0.203. The smallest absolute Gasteiger partial charge is 0.242 e. The first-order chi connectivity index (χ1) is 10.0. The lowest BCUT2D eigenvalue weighted by molar-refractivity contribution is 0.456. The largest absolute Gasteiger partial charge is 0.352 e. The highest BCUT2D eigenvalue weighted by Gasteiger charge is 2.65. The topological polar surface area (TPSA) is 63.1 Å². The molecule has 2 N–H and O–H groups in total. The van der Waals surface area contributed by atoms with Crippen molar-refractivity contribution in [1.82, 2.24) is 14.6 Å². The minimum Gasteiger partial charge on any atom is -0.352 e. The molecule has 4 rings (SSSR count). The zero-order chi connectivity index (χ0) is 14.8. The molecule has 2 bridgehead atoms. The lowest BCUT2D eigenvalue weighted by Gasteiger charge is -2.10. The number of hydrogen-bond donors (Lipinski definition) is 2. The molecule has 0 radical (unpaired) electrons. The van der Waals surface area contributed by atoms with E-state index in [1.807, 2.05) is 18.7 Å². The highest BCUT2D eigenvalue weighted by molar-refractivity contribution is 7.89. The maximum Gasteiger partial charge on any atom is 0.242 e. The van der Waals surface area contributed by atoms with Gasteiger partial charge >= 0.3 is 0 Å². The molecule has 0 aromatic carbocycles. The Labute approximate surface area is 126 Å². The van der Waals surface area contributed by atoms with E-state index in [4.69, 9.17) is 0 Å². The van der Waals surface area contributed by atoms with Crippen molar-refractivity contribution in [2.24, 2.45) is 30.7 Å². The zero-order valence-electron chi connectivity index (χ0n) is 12.5. The Morgan fingerprint density at radius 2 is 1.95 bits per heavy atom. The summed E-state index contributed by atoms with van der Waals surface area (Å²) in [6, 6.07) is 1.97. The summed E-state index contributed by atoms with van der Waals surface area (Å²) in [5.41, 5.74) is 0.980. The number of rotatable bonds is 5. The molecular weight excluding hydrogens is 286 g/mol. The number of fused-ring (bicyclic) bond motifs is 5. The quantitative estimate of drug-likeness (QED) is 0.855. The number of aromatic nitrogens is 1. The van der Waals surface area contributed by atoms with E-state index in [1.54, 1.807) is 12.3 Å². The highest BCUT2D eigenvalue weighted by atomic mass is 32.2. The lowest BCUT2D eigenvalue weighted by atomic mass is 10.0. The molecule has 3 saturated carbocycles. The van der Waals surface area contributed by atoms with Gasteiger partial charge in [0.2, 0.25) is 10.0 Å². The second kappa shape index (κ2) is 4.57. The van der Waals surface area contributed by atoms with Gasteiger partial charge in [-0.05, 0) is 56.0 Å². The third kappa shape index (κ3) is 2.07. The first-order valence-corrected chi connectivity index (χ1v) is 9.32. The van der Waals surface area contributed by atoms with Gasteiger partial charge in [-0.1, -0.05) is 0 Å². The van der Waals surface area contributed by atoms with Gasteiger partial charge in [-0.15, -0.1) is 0 Å². The van der Waals surface area contributed by atoms with E-state index in [0.29, 0.717) is 23.3 Å². The summed E-state index contributed by atoms with van der Waals surface area (Å²) < 4.78 is 30.0. The Morgan fingerprint density at radius 1 is 1.29 bits per heavy atom. The van der Waals surface area contributed by atoms with Crippen molar-refractivity contribution >= 4 is 10.0 Å². The van der Waals surface area contributed by atoms with E-state index >= 15 is 0 Å². The van der Waals surface area contributed by atoms with Crippen LogP contribution in [0.4, 0.5) is 0 Å². The monoisotopic (exact) mass is 309 g/mol. The van der Waals surface area contributed by atoms with Crippen LogP contribution in [0.3, 0.4) is 0 Å². The van der Waals surface area contributed by atoms with Gasteiger partial charge in [0.25, 0.3) is 0 Å².